The van der Waals surface area contributed by atoms with Gasteiger partial charge < -0.3 is 16.3 Å². The molecule has 0 spiro atoms. The highest BCUT2D eigenvalue weighted by Gasteiger charge is 2.22. The Kier molecular flexibility index (Phi) is 4.17. The van der Waals surface area contributed by atoms with E-state index in [-0.39, 0.29) is 11.3 Å². The van der Waals surface area contributed by atoms with Gasteiger partial charge in [-0.05, 0) is 18.6 Å². The van der Waals surface area contributed by atoms with Crippen molar-refractivity contribution in [3.8, 4) is 0 Å². The quantitative estimate of drug-likeness (QED) is 0.309. The topological polar surface area (TPSA) is 70.6 Å². The Hall–Kier alpha value is -1.71. The van der Waals surface area contributed by atoms with Crippen LogP contribution in [0.2, 0.25) is 0 Å². The number of oxime groups is 1. The van der Waals surface area contributed by atoms with Gasteiger partial charge in [-0.3, -0.25) is 0 Å². The fourth-order valence-corrected chi connectivity index (χ4v) is 1.34. The van der Waals surface area contributed by atoms with Crippen molar-refractivity contribution in [1.29, 1.82) is 0 Å². The van der Waals surface area contributed by atoms with Crippen molar-refractivity contribution in [3.05, 3.63) is 30.3 Å². The smallest absolute Gasteiger partial charge is 0.144 e. The van der Waals surface area contributed by atoms with Crippen LogP contribution in [0.5, 0.6) is 0 Å². The second-order valence-corrected chi connectivity index (χ2v) is 4.41. The molecule has 0 heterocycles. The summed E-state index contributed by atoms with van der Waals surface area (Å²) in [5, 5.41) is 15.0. The molecule has 0 aliphatic rings. The van der Waals surface area contributed by atoms with Crippen molar-refractivity contribution in [3.63, 3.8) is 0 Å². The molecule has 0 bridgehead atoms. The molecule has 4 N–H and O–H groups in total. The molecule has 88 valence electrons. The summed E-state index contributed by atoms with van der Waals surface area (Å²) in [6, 6.07) is 9.96. The molecule has 0 aromatic heterocycles. The lowest BCUT2D eigenvalue weighted by atomic mass is 9.88. The summed E-state index contributed by atoms with van der Waals surface area (Å²) in [6.07, 6.45) is 0.803. The number of benzene rings is 1. The number of nitrogens with one attached hydrogen (secondary N) is 1. The number of nitrogens with two attached hydrogens (primary N) is 1. The van der Waals surface area contributed by atoms with Crippen molar-refractivity contribution in [2.24, 2.45) is 16.3 Å². The number of nitrogens with zero attached hydrogens (tertiary/aromatic N) is 1. The standard InChI is InChI=1S/C12H19N3O/c1-12(2,11(13)15-16)8-9-14-10-6-4-3-5-7-10/h3-7,14,16H,8-9H2,1-2H3,(H2,13,15). The van der Waals surface area contributed by atoms with E-state index in [1.165, 1.54) is 0 Å². The van der Waals surface area contributed by atoms with E-state index >= 15 is 0 Å². The van der Waals surface area contributed by atoms with Crippen molar-refractivity contribution in [2.45, 2.75) is 20.3 Å². The number of amidine groups is 1. The third-order valence-corrected chi connectivity index (χ3v) is 2.65. The first-order valence-corrected chi connectivity index (χ1v) is 5.33. The van der Waals surface area contributed by atoms with Crippen LogP contribution in [0, 0.1) is 5.41 Å². The van der Waals surface area contributed by atoms with Crippen LogP contribution in [0.25, 0.3) is 0 Å². The second kappa shape index (κ2) is 5.39. The number of hydrogen-bond donors (Lipinski definition) is 3. The normalized spacial score (nSPS) is 12.5. The van der Waals surface area contributed by atoms with Gasteiger partial charge in [0, 0.05) is 17.6 Å². The van der Waals surface area contributed by atoms with Gasteiger partial charge in [0.2, 0.25) is 0 Å². The first kappa shape index (κ1) is 12.4. The van der Waals surface area contributed by atoms with E-state index in [1.807, 2.05) is 44.2 Å². The highest BCUT2D eigenvalue weighted by molar-refractivity contribution is 5.85. The predicted octanol–water partition coefficient (Wildman–Crippen LogP) is 2.26. The molecule has 1 aromatic rings. The first-order valence-electron chi connectivity index (χ1n) is 5.33. The van der Waals surface area contributed by atoms with Gasteiger partial charge in [0.15, 0.2) is 0 Å². The first-order chi connectivity index (χ1) is 7.56. The third-order valence-electron chi connectivity index (χ3n) is 2.65. The lowest BCUT2D eigenvalue weighted by molar-refractivity contribution is 0.306. The maximum Gasteiger partial charge on any atom is 0.144 e. The van der Waals surface area contributed by atoms with Gasteiger partial charge in [-0.1, -0.05) is 37.2 Å². The van der Waals surface area contributed by atoms with Gasteiger partial charge in [0.05, 0.1) is 0 Å². The van der Waals surface area contributed by atoms with Gasteiger partial charge in [-0.25, -0.2) is 0 Å². The minimum atomic E-state index is -0.295. The highest BCUT2D eigenvalue weighted by atomic mass is 16.4. The summed E-state index contributed by atoms with van der Waals surface area (Å²) in [6.45, 7) is 4.69. The van der Waals surface area contributed by atoms with Crippen LogP contribution in [0.1, 0.15) is 20.3 Å². The van der Waals surface area contributed by atoms with Gasteiger partial charge in [0.25, 0.3) is 0 Å². The van der Waals surface area contributed by atoms with E-state index in [4.69, 9.17) is 10.9 Å². The molecule has 4 nitrogen and oxygen atoms in total. The van der Waals surface area contributed by atoms with Crippen LogP contribution < -0.4 is 11.1 Å². The molecule has 0 unspecified atom stereocenters. The molecule has 0 amide bonds. The van der Waals surface area contributed by atoms with Crippen LogP contribution in [0.15, 0.2) is 35.5 Å². The Balaban J connectivity index is 2.42. The van der Waals surface area contributed by atoms with E-state index < -0.39 is 0 Å². The molecular formula is C12H19N3O. The fourth-order valence-electron chi connectivity index (χ4n) is 1.34. The van der Waals surface area contributed by atoms with Crippen molar-refractivity contribution >= 4 is 11.5 Å². The Morgan fingerprint density at radius 2 is 2.00 bits per heavy atom. The van der Waals surface area contributed by atoms with Gasteiger partial charge in [-0.15, -0.1) is 0 Å². The summed E-state index contributed by atoms with van der Waals surface area (Å²) < 4.78 is 0. The summed E-state index contributed by atoms with van der Waals surface area (Å²) in [7, 11) is 0. The molecule has 16 heavy (non-hydrogen) atoms. The lowest BCUT2D eigenvalue weighted by Crippen LogP contribution is -2.33. The monoisotopic (exact) mass is 221 g/mol. The largest absolute Gasteiger partial charge is 0.409 e. The molecule has 0 saturated carbocycles. The lowest BCUT2D eigenvalue weighted by Gasteiger charge is -2.23. The minimum absolute atomic E-state index is 0.266. The van der Waals surface area contributed by atoms with Crippen LogP contribution in [0.4, 0.5) is 5.69 Å². The Bertz CT molecular complexity index is 347. The van der Waals surface area contributed by atoms with Crippen LogP contribution in [0.3, 0.4) is 0 Å². The molecule has 0 aliphatic carbocycles. The molecule has 0 fully saturated rings. The fraction of sp³-hybridized carbons (Fsp3) is 0.417. The minimum Gasteiger partial charge on any atom is -0.409 e. The Morgan fingerprint density at radius 1 is 1.38 bits per heavy atom. The summed E-state index contributed by atoms with van der Waals surface area (Å²) >= 11 is 0. The van der Waals surface area contributed by atoms with Crippen molar-refractivity contribution < 1.29 is 5.21 Å². The molecule has 0 radical (unpaired) electrons. The van der Waals surface area contributed by atoms with E-state index in [1.54, 1.807) is 0 Å². The van der Waals surface area contributed by atoms with E-state index in [0.717, 1.165) is 18.7 Å². The maximum absolute atomic E-state index is 8.63. The summed E-state index contributed by atoms with van der Waals surface area (Å²) in [5.41, 5.74) is 6.39. The molecule has 1 aromatic carbocycles. The average molecular weight is 221 g/mol. The van der Waals surface area contributed by atoms with Crippen LogP contribution in [-0.4, -0.2) is 17.6 Å². The molecular weight excluding hydrogens is 202 g/mol. The summed E-state index contributed by atoms with van der Waals surface area (Å²) in [5.74, 6) is 0.266. The molecule has 0 aliphatic heterocycles. The number of anilines is 1. The third kappa shape index (κ3) is 3.46. The van der Waals surface area contributed by atoms with Crippen molar-refractivity contribution in [1.82, 2.24) is 0 Å². The Morgan fingerprint density at radius 3 is 2.56 bits per heavy atom. The van der Waals surface area contributed by atoms with Crippen molar-refractivity contribution in [2.75, 3.05) is 11.9 Å². The second-order valence-electron chi connectivity index (χ2n) is 4.41. The van der Waals surface area contributed by atoms with E-state index in [0.29, 0.717) is 0 Å². The predicted molar refractivity (Wildman–Crippen MR) is 66.7 cm³/mol. The van der Waals surface area contributed by atoms with Crippen LogP contribution >= 0.6 is 0 Å². The van der Waals surface area contributed by atoms with Gasteiger partial charge in [0.1, 0.15) is 5.84 Å². The van der Waals surface area contributed by atoms with Crippen LogP contribution in [-0.2, 0) is 0 Å². The number of rotatable bonds is 5. The average Bonchev–Trinajstić information content (AvgIpc) is 2.29. The number of hydrogen-bond acceptors (Lipinski definition) is 3. The molecule has 1 rings (SSSR count). The summed E-state index contributed by atoms with van der Waals surface area (Å²) in [4.78, 5) is 0. The maximum atomic E-state index is 8.63. The zero-order chi connectivity index (χ0) is 12.0. The molecule has 4 heteroatoms. The van der Waals surface area contributed by atoms with E-state index in [9.17, 15) is 0 Å². The molecule has 0 atom stereocenters. The number of para-hydroxylation sites is 1. The van der Waals surface area contributed by atoms with Gasteiger partial charge in [-0.2, -0.15) is 0 Å². The molecule has 0 saturated heterocycles. The Labute approximate surface area is 96.2 Å². The zero-order valence-electron chi connectivity index (χ0n) is 9.77. The highest BCUT2D eigenvalue weighted by Crippen LogP contribution is 2.20. The zero-order valence-corrected chi connectivity index (χ0v) is 9.77. The van der Waals surface area contributed by atoms with Gasteiger partial charge >= 0.3 is 0 Å². The van der Waals surface area contributed by atoms with E-state index in [2.05, 4.69) is 10.5 Å². The SMILES string of the molecule is CC(C)(CCNc1ccccc1)C(N)=NO.